The van der Waals surface area contributed by atoms with Gasteiger partial charge in [-0.25, -0.2) is 4.68 Å². The van der Waals surface area contributed by atoms with Crippen LogP contribution in [0.3, 0.4) is 0 Å². The van der Waals surface area contributed by atoms with Gasteiger partial charge in [0.25, 0.3) is 5.91 Å². The first-order chi connectivity index (χ1) is 15.6. The first-order valence-corrected chi connectivity index (χ1v) is 11.1. The zero-order valence-electron chi connectivity index (χ0n) is 17.2. The monoisotopic (exact) mass is 592 g/mol. The average Bonchev–Trinajstić information content (AvgIpc) is 3.36. The van der Waals surface area contributed by atoms with Gasteiger partial charge >= 0.3 is 6.18 Å². The lowest BCUT2D eigenvalue weighted by Crippen LogP contribution is -2.35. The van der Waals surface area contributed by atoms with Crippen LogP contribution in [0, 0.1) is 0 Å². The van der Waals surface area contributed by atoms with Crippen LogP contribution in [0.4, 0.5) is 24.7 Å². The highest BCUT2D eigenvalue weighted by Crippen LogP contribution is 2.46. The average molecular weight is 594 g/mol. The van der Waals surface area contributed by atoms with Gasteiger partial charge in [-0.2, -0.15) is 18.3 Å². The summed E-state index contributed by atoms with van der Waals surface area (Å²) in [7, 11) is 2.90. The third-order valence-corrected chi connectivity index (χ3v) is 6.28. The van der Waals surface area contributed by atoms with Gasteiger partial charge in [0.15, 0.2) is 16.4 Å². The zero-order chi connectivity index (χ0) is 23.9. The topological polar surface area (TPSA) is 90.5 Å². The smallest absolute Gasteiger partial charge is 0.410 e. The van der Waals surface area contributed by atoms with Crippen LogP contribution in [-0.2, 0) is 0 Å². The van der Waals surface area contributed by atoms with Crippen molar-refractivity contribution in [1.82, 2.24) is 9.78 Å². The van der Waals surface area contributed by atoms with E-state index in [0.717, 1.165) is 4.68 Å². The van der Waals surface area contributed by atoms with Crippen molar-refractivity contribution in [1.29, 1.82) is 0 Å². The summed E-state index contributed by atoms with van der Waals surface area (Å²) in [4.78, 5) is 12.9. The van der Waals surface area contributed by atoms with Gasteiger partial charge < -0.3 is 24.5 Å². The maximum Gasteiger partial charge on any atom is 0.410 e. The number of alkyl halides is 3. The predicted octanol–water partition coefficient (Wildman–Crippen LogP) is 5.93. The Bertz CT molecular complexity index is 1190. The third kappa shape index (κ3) is 4.56. The number of hydrogen-bond acceptors (Lipinski definition) is 6. The van der Waals surface area contributed by atoms with E-state index in [0.29, 0.717) is 27.6 Å². The molecule has 0 saturated heterocycles. The van der Waals surface area contributed by atoms with Crippen LogP contribution in [0.5, 0.6) is 11.5 Å². The number of hydrogen-bond donors (Lipinski definition) is 2. The summed E-state index contributed by atoms with van der Waals surface area (Å²) in [5.41, 5.74) is 0.0886. The zero-order valence-corrected chi connectivity index (χ0v) is 20.3. The molecule has 1 aliphatic heterocycles. The lowest BCUT2D eigenvalue weighted by atomic mass is 10.0. The molecule has 0 aliphatic carbocycles. The molecule has 1 aliphatic rings. The fourth-order valence-corrected chi connectivity index (χ4v) is 4.39. The molecule has 13 heteroatoms. The molecule has 0 unspecified atom stereocenters. The molecule has 0 spiro atoms. The molecule has 176 valence electrons. The predicted molar refractivity (Wildman–Crippen MR) is 120 cm³/mol. The van der Waals surface area contributed by atoms with Crippen molar-refractivity contribution in [2.45, 2.75) is 24.7 Å². The van der Waals surface area contributed by atoms with Gasteiger partial charge in [0, 0.05) is 12.5 Å². The van der Waals surface area contributed by atoms with Crippen molar-refractivity contribution < 1.29 is 31.9 Å². The number of carbonyl (C=O) groups is 1. The van der Waals surface area contributed by atoms with Gasteiger partial charge in [-0.15, -0.1) is 0 Å². The van der Waals surface area contributed by atoms with Gasteiger partial charge in [-0.1, -0.05) is 0 Å². The molecule has 0 radical (unpaired) electrons. The summed E-state index contributed by atoms with van der Waals surface area (Å²) < 4.78 is 58.8. The Kier molecular flexibility index (Phi) is 6.36. The van der Waals surface area contributed by atoms with Crippen molar-refractivity contribution in [2.24, 2.45) is 0 Å². The van der Waals surface area contributed by atoms with Crippen LogP contribution >= 0.6 is 31.9 Å². The number of halogens is 5. The van der Waals surface area contributed by atoms with E-state index in [1.807, 2.05) is 0 Å². The first-order valence-electron chi connectivity index (χ1n) is 9.52. The summed E-state index contributed by atoms with van der Waals surface area (Å²) >= 11 is 6.40. The molecule has 0 bridgehead atoms. The summed E-state index contributed by atoms with van der Waals surface area (Å²) in [6.45, 7) is 0. The van der Waals surface area contributed by atoms with Gasteiger partial charge in [0.05, 0.1) is 30.4 Å². The van der Waals surface area contributed by atoms with Crippen LogP contribution < -0.4 is 20.1 Å². The SMILES string of the molecule is COc1ccc(NC(=O)c2nn3c(c2Br)N[C@H](c2ccc(Br)o2)C[C@@H]3C(F)(F)F)c(OC)c1. The van der Waals surface area contributed by atoms with Crippen LogP contribution in [0.1, 0.15) is 34.8 Å². The molecule has 0 saturated carbocycles. The molecular weight excluding hydrogens is 577 g/mol. The van der Waals surface area contributed by atoms with Crippen molar-refractivity contribution in [3.63, 3.8) is 0 Å². The highest BCUT2D eigenvalue weighted by molar-refractivity contribution is 9.10. The van der Waals surface area contributed by atoms with Crippen molar-refractivity contribution in [3.8, 4) is 11.5 Å². The molecule has 0 fully saturated rings. The highest BCUT2D eigenvalue weighted by Gasteiger charge is 2.48. The van der Waals surface area contributed by atoms with E-state index in [2.05, 4.69) is 47.6 Å². The summed E-state index contributed by atoms with van der Waals surface area (Å²) in [6.07, 6.45) is -4.96. The fourth-order valence-electron chi connectivity index (χ4n) is 3.52. The van der Waals surface area contributed by atoms with Crippen LogP contribution in [-0.4, -0.2) is 36.1 Å². The Labute approximate surface area is 202 Å². The number of furan rings is 1. The molecular formula is C20H17Br2F3N4O4. The molecule has 2 N–H and O–H groups in total. The second-order valence-electron chi connectivity index (χ2n) is 7.11. The van der Waals surface area contributed by atoms with E-state index in [1.165, 1.54) is 14.2 Å². The summed E-state index contributed by atoms with van der Waals surface area (Å²) in [6, 6.07) is 5.17. The number of anilines is 2. The highest BCUT2D eigenvalue weighted by atomic mass is 79.9. The lowest BCUT2D eigenvalue weighted by Gasteiger charge is -2.32. The number of rotatable bonds is 5. The van der Waals surface area contributed by atoms with Gasteiger partial charge in [0.2, 0.25) is 0 Å². The Morgan fingerprint density at radius 2 is 2.00 bits per heavy atom. The Hall–Kier alpha value is -2.67. The second-order valence-corrected chi connectivity index (χ2v) is 8.68. The number of aromatic nitrogens is 2. The largest absolute Gasteiger partial charge is 0.497 e. The maximum atomic E-state index is 13.9. The lowest BCUT2D eigenvalue weighted by molar-refractivity contribution is -0.174. The van der Waals surface area contributed by atoms with Crippen LogP contribution in [0.2, 0.25) is 0 Å². The molecule has 1 amide bonds. The van der Waals surface area contributed by atoms with Gasteiger partial charge in [-0.3, -0.25) is 4.79 Å². The standard InChI is InChI=1S/C20H17Br2F3N4O4/c1-31-9-3-4-10(13(7-9)32-2)27-19(30)17-16(22)18-26-11(12-5-6-15(21)33-12)8-14(20(23,24)25)29(18)28-17/h3-7,11,14,26H,8H2,1-2H3,(H,27,30)/t11-,14+/m0/s1. The molecule has 2 aromatic heterocycles. The second kappa shape index (κ2) is 8.93. The number of benzene rings is 1. The number of methoxy groups -OCH3 is 2. The third-order valence-electron chi connectivity index (χ3n) is 5.11. The Morgan fingerprint density at radius 1 is 1.24 bits per heavy atom. The minimum atomic E-state index is -4.60. The number of ether oxygens (including phenoxy) is 2. The molecule has 8 nitrogen and oxygen atoms in total. The molecule has 3 heterocycles. The van der Waals surface area contributed by atoms with Crippen LogP contribution in [0.15, 0.2) is 43.9 Å². The molecule has 4 rings (SSSR count). The van der Waals surface area contributed by atoms with Gasteiger partial charge in [-0.05, 0) is 56.1 Å². The quantitative estimate of drug-likeness (QED) is 0.381. The number of nitrogens with one attached hydrogen (secondary N) is 2. The molecule has 3 aromatic rings. The van der Waals surface area contributed by atoms with Crippen molar-refractivity contribution in [2.75, 3.05) is 24.9 Å². The fraction of sp³-hybridized carbons (Fsp3) is 0.300. The van der Waals surface area contributed by atoms with Crippen molar-refractivity contribution >= 4 is 49.3 Å². The number of carbonyl (C=O) groups excluding carboxylic acids is 1. The number of fused-ring (bicyclic) bond motifs is 1. The summed E-state index contributed by atoms with van der Waals surface area (Å²) in [5, 5.41) is 9.60. The van der Waals surface area contributed by atoms with Crippen LogP contribution in [0.25, 0.3) is 0 Å². The van der Waals surface area contributed by atoms with E-state index in [1.54, 1.807) is 30.3 Å². The summed E-state index contributed by atoms with van der Waals surface area (Å²) in [5.74, 6) is 0.457. The van der Waals surface area contributed by atoms with E-state index in [9.17, 15) is 18.0 Å². The normalized spacial score (nSPS) is 17.8. The van der Waals surface area contributed by atoms with E-state index in [4.69, 9.17) is 13.9 Å². The van der Waals surface area contributed by atoms with Gasteiger partial charge in [0.1, 0.15) is 23.1 Å². The molecule has 33 heavy (non-hydrogen) atoms. The van der Waals surface area contributed by atoms with E-state index in [-0.39, 0.29) is 22.4 Å². The number of amides is 1. The Balaban J connectivity index is 1.69. The molecule has 2 atom stereocenters. The molecule has 1 aromatic carbocycles. The first kappa shape index (κ1) is 23.5. The van der Waals surface area contributed by atoms with E-state index < -0.39 is 24.2 Å². The maximum absolute atomic E-state index is 13.9. The minimum absolute atomic E-state index is 0.0212. The Morgan fingerprint density at radius 3 is 2.61 bits per heavy atom. The van der Waals surface area contributed by atoms with Crippen molar-refractivity contribution in [3.05, 3.63) is 50.9 Å². The van der Waals surface area contributed by atoms with E-state index >= 15 is 0 Å². The minimum Gasteiger partial charge on any atom is -0.497 e. The number of nitrogens with zero attached hydrogens (tertiary/aromatic N) is 2.